The maximum absolute atomic E-state index is 10.9. The van der Waals surface area contributed by atoms with Gasteiger partial charge >= 0.3 is 0 Å². The maximum atomic E-state index is 10.9. The number of hydrogen-bond donors (Lipinski definition) is 3. The predicted molar refractivity (Wildman–Crippen MR) is 52.2 cm³/mol. The van der Waals surface area contributed by atoms with Gasteiger partial charge in [0.1, 0.15) is 0 Å². The van der Waals surface area contributed by atoms with E-state index < -0.39 is 0 Å². The van der Waals surface area contributed by atoms with Crippen molar-refractivity contribution in [1.82, 2.24) is 5.32 Å². The van der Waals surface area contributed by atoms with Crippen molar-refractivity contribution in [2.75, 3.05) is 12.3 Å². The molecule has 0 fully saturated rings. The molecule has 0 bridgehead atoms. The summed E-state index contributed by atoms with van der Waals surface area (Å²) in [4.78, 5) is 10.9. The number of rotatable bonds is 4. The topological polar surface area (TPSA) is 79.0 Å². The van der Waals surface area contributed by atoms with Crippen molar-refractivity contribution < 1.29 is 4.79 Å². The first kappa shape index (κ1) is 11.0. The van der Waals surface area contributed by atoms with Crippen LogP contribution in [0.5, 0.6) is 0 Å². The van der Waals surface area contributed by atoms with Crippen LogP contribution < -0.4 is 11.1 Å². The lowest BCUT2D eigenvalue weighted by Gasteiger charge is -2.02. The highest BCUT2D eigenvalue weighted by molar-refractivity contribution is 8.13. The van der Waals surface area contributed by atoms with Gasteiger partial charge in [0, 0.05) is 17.9 Å². The van der Waals surface area contributed by atoms with Gasteiger partial charge in [-0.15, -0.1) is 0 Å². The van der Waals surface area contributed by atoms with Crippen molar-refractivity contribution in [3.63, 3.8) is 0 Å². The fraction of sp³-hybridized carbons (Fsp3) is 0.429. The third-order valence-corrected chi connectivity index (χ3v) is 1.75. The van der Waals surface area contributed by atoms with Gasteiger partial charge in [-0.2, -0.15) is 0 Å². The Hall–Kier alpha value is -0.970. The highest BCUT2D eigenvalue weighted by atomic mass is 32.2. The van der Waals surface area contributed by atoms with Crippen molar-refractivity contribution in [2.45, 2.75) is 6.92 Å². The molecule has 0 saturated carbocycles. The summed E-state index contributed by atoms with van der Waals surface area (Å²) < 4.78 is 0. The molecule has 0 aliphatic carbocycles. The van der Waals surface area contributed by atoms with E-state index in [0.717, 1.165) is 0 Å². The number of carbonyl (C=O) groups excluding carboxylic acids is 1. The monoisotopic (exact) mass is 187 g/mol. The van der Waals surface area contributed by atoms with Crippen LogP contribution in [0.25, 0.3) is 0 Å². The van der Waals surface area contributed by atoms with Crippen LogP contribution in [-0.2, 0) is 4.79 Å². The standard InChI is InChI=1S/C7H13N3OS/c1-5(2)6(11)10-3-4-12-7(8)9/h1,3-4H2,2H3,(H3,8,9)(H,10,11). The second-order valence-electron chi connectivity index (χ2n) is 2.25. The van der Waals surface area contributed by atoms with E-state index in [9.17, 15) is 4.79 Å². The lowest BCUT2D eigenvalue weighted by atomic mass is 10.3. The maximum Gasteiger partial charge on any atom is 0.246 e. The summed E-state index contributed by atoms with van der Waals surface area (Å²) in [5, 5.41) is 9.57. The minimum absolute atomic E-state index is 0.0690. The average molecular weight is 187 g/mol. The fourth-order valence-electron chi connectivity index (χ4n) is 0.476. The van der Waals surface area contributed by atoms with Crippen LogP contribution in [-0.4, -0.2) is 23.4 Å². The van der Waals surface area contributed by atoms with Gasteiger partial charge in [0.15, 0.2) is 5.17 Å². The van der Waals surface area contributed by atoms with Crippen molar-refractivity contribution in [3.05, 3.63) is 12.2 Å². The third-order valence-electron chi connectivity index (χ3n) is 1.03. The summed E-state index contributed by atoms with van der Waals surface area (Å²) >= 11 is 1.20. The van der Waals surface area contributed by atoms with Crippen LogP contribution in [0.2, 0.25) is 0 Å². The SMILES string of the molecule is C=C(C)C(=O)NCCSC(=N)N. The Bertz CT molecular complexity index is 203. The van der Waals surface area contributed by atoms with Gasteiger partial charge in [0.05, 0.1) is 0 Å². The normalized spacial score (nSPS) is 9.08. The Balaban J connectivity index is 3.38. The van der Waals surface area contributed by atoms with Gasteiger partial charge in [-0.3, -0.25) is 10.2 Å². The molecule has 4 nitrogen and oxygen atoms in total. The first-order chi connectivity index (χ1) is 5.54. The zero-order valence-corrected chi connectivity index (χ0v) is 7.83. The van der Waals surface area contributed by atoms with Crippen LogP contribution in [0.1, 0.15) is 6.92 Å². The molecule has 0 heterocycles. The predicted octanol–water partition coefficient (Wildman–Crippen LogP) is 0.305. The molecule has 0 aliphatic heterocycles. The Labute approximate surface area is 76.1 Å². The number of thioether (sulfide) groups is 1. The Morgan fingerprint density at radius 3 is 2.75 bits per heavy atom. The molecule has 0 rings (SSSR count). The Morgan fingerprint density at radius 2 is 2.33 bits per heavy atom. The molecule has 1 amide bonds. The molecule has 0 aromatic carbocycles. The van der Waals surface area contributed by atoms with Crippen LogP contribution in [0, 0.1) is 5.41 Å². The molecule has 0 atom stereocenters. The average Bonchev–Trinajstić information content (AvgIpc) is 1.97. The van der Waals surface area contributed by atoms with E-state index in [4.69, 9.17) is 11.1 Å². The summed E-state index contributed by atoms with van der Waals surface area (Å²) in [7, 11) is 0. The zero-order valence-electron chi connectivity index (χ0n) is 7.02. The number of nitrogens with two attached hydrogens (primary N) is 1. The Morgan fingerprint density at radius 1 is 1.75 bits per heavy atom. The highest BCUT2D eigenvalue weighted by Gasteiger charge is 1.99. The smallest absolute Gasteiger partial charge is 0.246 e. The zero-order chi connectivity index (χ0) is 9.56. The minimum Gasteiger partial charge on any atom is -0.379 e. The molecule has 0 saturated heterocycles. The van der Waals surface area contributed by atoms with E-state index in [2.05, 4.69) is 11.9 Å². The van der Waals surface area contributed by atoms with Gasteiger partial charge in [-0.1, -0.05) is 18.3 Å². The van der Waals surface area contributed by atoms with E-state index in [1.54, 1.807) is 6.92 Å². The molecule has 5 heteroatoms. The molecular formula is C7H13N3OS. The van der Waals surface area contributed by atoms with E-state index in [-0.39, 0.29) is 11.1 Å². The number of amidine groups is 1. The molecule has 68 valence electrons. The number of nitrogens with one attached hydrogen (secondary N) is 2. The van der Waals surface area contributed by atoms with E-state index in [1.807, 2.05) is 0 Å². The first-order valence-corrected chi connectivity index (χ1v) is 4.43. The van der Waals surface area contributed by atoms with Gasteiger partial charge < -0.3 is 11.1 Å². The van der Waals surface area contributed by atoms with E-state index in [0.29, 0.717) is 17.9 Å². The molecule has 0 unspecified atom stereocenters. The number of hydrogen-bond acceptors (Lipinski definition) is 3. The molecule has 12 heavy (non-hydrogen) atoms. The van der Waals surface area contributed by atoms with Crippen LogP contribution in [0.3, 0.4) is 0 Å². The summed E-state index contributed by atoms with van der Waals surface area (Å²) in [5.74, 6) is 0.466. The molecule has 0 aromatic heterocycles. The van der Waals surface area contributed by atoms with Crippen molar-refractivity contribution in [2.24, 2.45) is 5.73 Å². The summed E-state index contributed by atoms with van der Waals surface area (Å²) in [6, 6.07) is 0. The van der Waals surface area contributed by atoms with Crippen molar-refractivity contribution >= 4 is 22.8 Å². The largest absolute Gasteiger partial charge is 0.379 e. The highest BCUT2D eigenvalue weighted by Crippen LogP contribution is 1.95. The second-order valence-corrected chi connectivity index (χ2v) is 3.39. The van der Waals surface area contributed by atoms with Crippen molar-refractivity contribution in [3.8, 4) is 0 Å². The third kappa shape index (κ3) is 5.79. The fourth-order valence-corrected chi connectivity index (χ4v) is 0.900. The first-order valence-electron chi connectivity index (χ1n) is 3.44. The Kier molecular flexibility index (Phi) is 5.19. The van der Waals surface area contributed by atoms with Crippen molar-refractivity contribution in [1.29, 1.82) is 5.41 Å². The van der Waals surface area contributed by atoms with Crippen LogP contribution in [0.4, 0.5) is 0 Å². The van der Waals surface area contributed by atoms with Gasteiger partial charge in [0.25, 0.3) is 0 Å². The number of carbonyl (C=O) groups is 1. The van der Waals surface area contributed by atoms with Gasteiger partial charge in [-0.05, 0) is 6.92 Å². The van der Waals surface area contributed by atoms with E-state index >= 15 is 0 Å². The van der Waals surface area contributed by atoms with Gasteiger partial charge in [0.2, 0.25) is 5.91 Å². The summed E-state index contributed by atoms with van der Waals surface area (Å²) in [6.07, 6.45) is 0. The lowest BCUT2D eigenvalue weighted by molar-refractivity contribution is -0.117. The van der Waals surface area contributed by atoms with Crippen LogP contribution in [0.15, 0.2) is 12.2 Å². The molecule has 0 aromatic rings. The quantitative estimate of drug-likeness (QED) is 0.256. The molecule has 0 aliphatic rings. The van der Waals surface area contributed by atoms with E-state index in [1.165, 1.54) is 11.8 Å². The number of amides is 1. The lowest BCUT2D eigenvalue weighted by Crippen LogP contribution is -2.26. The second kappa shape index (κ2) is 5.65. The minimum atomic E-state index is -0.154. The van der Waals surface area contributed by atoms with Gasteiger partial charge in [-0.25, -0.2) is 0 Å². The molecule has 0 radical (unpaired) electrons. The molecule has 4 N–H and O–H groups in total. The molecular weight excluding hydrogens is 174 g/mol. The summed E-state index contributed by atoms with van der Waals surface area (Å²) in [6.45, 7) is 5.64. The van der Waals surface area contributed by atoms with Crippen LogP contribution >= 0.6 is 11.8 Å². The summed E-state index contributed by atoms with van der Waals surface area (Å²) in [5.41, 5.74) is 5.57. The molecule has 0 spiro atoms.